The molecule has 0 bridgehead atoms. The fraction of sp³-hybridized carbons (Fsp3) is 0.500. The van der Waals surface area contributed by atoms with E-state index in [-0.39, 0.29) is 12.5 Å². The van der Waals surface area contributed by atoms with Crippen molar-refractivity contribution in [3.05, 3.63) is 29.8 Å². The third-order valence-corrected chi connectivity index (χ3v) is 4.12. The normalized spacial score (nSPS) is 21.3. The molecule has 0 spiro atoms. The SMILES string of the molecule is CCC1(C(=O)O)CCCN1C(=O)COc1cccc(C)c1. The van der Waals surface area contributed by atoms with Gasteiger partial charge in [-0.1, -0.05) is 19.1 Å². The molecule has 1 heterocycles. The minimum absolute atomic E-state index is 0.127. The molecule has 0 aromatic heterocycles. The van der Waals surface area contributed by atoms with Gasteiger partial charge in [-0.05, 0) is 43.9 Å². The van der Waals surface area contributed by atoms with Crippen molar-refractivity contribution in [2.45, 2.75) is 38.6 Å². The quantitative estimate of drug-likeness (QED) is 0.903. The number of carbonyl (C=O) groups is 2. The maximum Gasteiger partial charge on any atom is 0.329 e. The second kappa shape index (κ2) is 6.16. The lowest BCUT2D eigenvalue weighted by Gasteiger charge is -2.33. The van der Waals surface area contributed by atoms with Crippen molar-refractivity contribution in [3.8, 4) is 5.75 Å². The second-order valence-electron chi connectivity index (χ2n) is 5.44. The second-order valence-corrected chi connectivity index (χ2v) is 5.44. The first-order chi connectivity index (χ1) is 9.99. The zero-order valence-corrected chi connectivity index (χ0v) is 12.5. The summed E-state index contributed by atoms with van der Waals surface area (Å²) in [7, 11) is 0. The third-order valence-electron chi connectivity index (χ3n) is 4.12. The highest BCUT2D eigenvalue weighted by atomic mass is 16.5. The maximum atomic E-state index is 12.3. The van der Waals surface area contributed by atoms with E-state index < -0.39 is 11.5 Å². The van der Waals surface area contributed by atoms with Crippen LogP contribution >= 0.6 is 0 Å². The molecule has 1 aliphatic heterocycles. The summed E-state index contributed by atoms with van der Waals surface area (Å²) < 4.78 is 5.49. The number of rotatable bonds is 5. The van der Waals surface area contributed by atoms with Gasteiger partial charge in [0, 0.05) is 6.54 Å². The monoisotopic (exact) mass is 291 g/mol. The van der Waals surface area contributed by atoms with Crippen molar-refractivity contribution in [3.63, 3.8) is 0 Å². The first kappa shape index (κ1) is 15.4. The van der Waals surface area contributed by atoms with Crippen molar-refractivity contribution in [2.75, 3.05) is 13.2 Å². The summed E-state index contributed by atoms with van der Waals surface area (Å²) in [5.41, 5.74) is -0.0119. The van der Waals surface area contributed by atoms with Crippen LogP contribution in [-0.2, 0) is 9.59 Å². The molecule has 0 aliphatic carbocycles. The van der Waals surface area contributed by atoms with E-state index in [4.69, 9.17) is 4.74 Å². The number of likely N-dealkylation sites (tertiary alicyclic amines) is 1. The Morgan fingerprint density at radius 2 is 2.19 bits per heavy atom. The summed E-state index contributed by atoms with van der Waals surface area (Å²) in [6.45, 7) is 4.11. The van der Waals surface area contributed by atoms with Gasteiger partial charge in [0.25, 0.3) is 5.91 Å². The fourth-order valence-corrected chi connectivity index (χ4v) is 2.91. The van der Waals surface area contributed by atoms with E-state index in [9.17, 15) is 14.7 Å². The number of aliphatic carboxylic acids is 1. The maximum absolute atomic E-state index is 12.3. The molecule has 0 radical (unpaired) electrons. The van der Waals surface area contributed by atoms with Crippen LogP contribution in [0.2, 0.25) is 0 Å². The van der Waals surface area contributed by atoms with E-state index in [1.165, 1.54) is 4.90 Å². The lowest BCUT2D eigenvalue weighted by molar-refractivity contribution is -0.157. The van der Waals surface area contributed by atoms with Gasteiger partial charge in [0.2, 0.25) is 0 Å². The molecular weight excluding hydrogens is 270 g/mol. The Balaban J connectivity index is 2.04. The standard InChI is InChI=1S/C16H21NO4/c1-3-16(15(19)20)8-5-9-17(16)14(18)11-21-13-7-4-6-12(2)10-13/h4,6-7,10H,3,5,8-9,11H2,1-2H3,(H,19,20). The Labute approximate surface area is 124 Å². The van der Waals surface area contributed by atoms with Gasteiger partial charge in [0.1, 0.15) is 11.3 Å². The van der Waals surface area contributed by atoms with Gasteiger partial charge in [0.05, 0.1) is 0 Å². The predicted molar refractivity (Wildman–Crippen MR) is 78.3 cm³/mol. The molecule has 2 rings (SSSR count). The molecule has 1 amide bonds. The molecule has 1 atom stereocenters. The lowest BCUT2D eigenvalue weighted by Crippen LogP contribution is -2.53. The minimum Gasteiger partial charge on any atom is -0.484 e. The van der Waals surface area contributed by atoms with Crippen LogP contribution in [0.3, 0.4) is 0 Å². The van der Waals surface area contributed by atoms with Crippen molar-refractivity contribution in [2.24, 2.45) is 0 Å². The van der Waals surface area contributed by atoms with E-state index in [0.717, 1.165) is 12.0 Å². The fourth-order valence-electron chi connectivity index (χ4n) is 2.91. The average molecular weight is 291 g/mol. The summed E-state index contributed by atoms with van der Waals surface area (Å²) >= 11 is 0. The molecule has 1 aromatic rings. The smallest absolute Gasteiger partial charge is 0.329 e. The van der Waals surface area contributed by atoms with Gasteiger partial charge < -0.3 is 14.7 Å². The van der Waals surface area contributed by atoms with Crippen LogP contribution in [0.15, 0.2) is 24.3 Å². The van der Waals surface area contributed by atoms with Crippen LogP contribution in [0, 0.1) is 6.92 Å². The number of carbonyl (C=O) groups excluding carboxylic acids is 1. The molecule has 1 aliphatic rings. The summed E-state index contributed by atoms with van der Waals surface area (Å²) in [5, 5.41) is 9.47. The molecule has 5 nitrogen and oxygen atoms in total. The summed E-state index contributed by atoms with van der Waals surface area (Å²) in [5.74, 6) is -0.565. The Morgan fingerprint density at radius 3 is 2.81 bits per heavy atom. The van der Waals surface area contributed by atoms with E-state index in [0.29, 0.717) is 25.1 Å². The van der Waals surface area contributed by atoms with Crippen LogP contribution in [-0.4, -0.2) is 40.6 Å². The number of amides is 1. The Hall–Kier alpha value is -2.04. The number of hydrogen-bond donors (Lipinski definition) is 1. The van der Waals surface area contributed by atoms with E-state index in [1.807, 2.05) is 25.1 Å². The number of carboxylic acid groups (broad SMARTS) is 1. The van der Waals surface area contributed by atoms with E-state index in [1.54, 1.807) is 13.0 Å². The van der Waals surface area contributed by atoms with Gasteiger partial charge in [-0.25, -0.2) is 4.79 Å². The van der Waals surface area contributed by atoms with Gasteiger partial charge in [-0.3, -0.25) is 4.79 Å². The Kier molecular flexibility index (Phi) is 4.50. The third kappa shape index (κ3) is 3.01. The largest absolute Gasteiger partial charge is 0.484 e. The summed E-state index contributed by atoms with van der Waals surface area (Å²) in [6.07, 6.45) is 1.64. The highest BCUT2D eigenvalue weighted by molar-refractivity contribution is 5.88. The first-order valence-electron chi connectivity index (χ1n) is 7.23. The van der Waals surface area contributed by atoms with E-state index in [2.05, 4.69) is 0 Å². The number of benzene rings is 1. The van der Waals surface area contributed by atoms with Gasteiger partial charge in [-0.2, -0.15) is 0 Å². The molecule has 1 unspecified atom stereocenters. The van der Waals surface area contributed by atoms with Gasteiger partial charge >= 0.3 is 5.97 Å². The van der Waals surface area contributed by atoms with Crippen LogP contribution in [0.4, 0.5) is 0 Å². The first-order valence-corrected chi connectivity index (χ1v) is 7.23. The van der Waals surface area contributed by atoms with Gasteiger partial charge in [-0.15, -0.1) is 0 Å². The average Bonchev–Trinajstić information content (AvgIpc) is 2.90. The molecule has 1 fully saturated rings. The van der Waals surface area contributed by atoms with Crippen LogP contribution in [0.1, 0.15) is 31.7 Å². The number of nitrogens with zero attached hydrogens (tertiary/aromatic N) is 1. The summed E-state index contributed by atoms with van der Waals surface area (Å²) in [6, 6.07) is 7.44. The Morgan fingerprint density at radius 1 is 1.43 bits per heavy atom. The van der Waals surface area contributed by atoms with Crippen molar-refractivity contribution in [1.82, 2.24) is 4.90 Å². The zero-order chi connectivity index (χ0) is 15.5. The molecule has 114 valence electrons. The van der Waals surface area contributed by atoms with Crippen molar-refractivity contribution >= 4 is 11.9 Å². The molecule has 1 saturated heterocycles. The molecule has 1 N–H and O–H groups in total. The van der Waals surface area contributed by atoms with Gasteiger partial charge in [0.15, 0.2) is 6.61 Å². The van der Waals surface area contributed by atoms with E-state index >= 15 is 0 Å². The van der Waals surface area contributed by atoms with Crippen LogP contribution < -0.4 is 4.74 Å². The molecule has 21 heavy (non-hydrogen) atoms. The number of hydrogen-bond acceptors (Lipinski definition) is 3. The molecule has 5 heteroatoms. The molecule has 0 saturated carbocycles. The lowest BCUT2D eigenvalue weighted by atomic mass is 9.93. The topological polar surface area (TPSA) is 66.8 Å². The van der Waals surface area contributed by atoms with Crippen molar-refractivity contribution < 1.29 is 19.4 Å². The number of ether oxygens (including phenoxy) is 1. The minimum atomic E-state index is -1.06. The highest BCUT2D eigenvalue weighted by Gasteiger charge is 2.48. The predicted octanol–water partition coefficient (Wildman–Crippen LogP) is 2.23. The van der Waals surface area contributed by atoms with Crippen LogP contribution in [0.25, 0.3) is 0 Å². The van der Waals surface area contributed by atoms with Crippen LogP contribution in [0.5, 0.6) is 5.75 Å². The highest BCUT2D eigenvalue weighted by Crippen LogP contribution is 2.32. The van der Waals surface area contributed by atoms with Crippen molar-refractivity contribution in [1.29, 1.82) is 0 Å². The molecule has 1 aromatic carbocycles. The number of carboxylic acids is 1. The molecular formula is C16H21NO4. The Bertz CT molecular complexity index is 543. The zero-order valence-electron chi connectivity index (χ0n) is 12.5. The number of aryl methyl sites for hydroxylation is 1. The summed E-state index contributed by atoms with van der Waals surface area (Å²) in [4.78, 5) is 25.3.